The van der Waals surface area contributed by atoms with Crippen molar-refractivity contribution in [2.24, 2.45) is 0 Å². The molecule has 1 atom stereocenters. The minimum absolute atomic E-state index is 0.383. The topological polar surface area (TPSA) is 51.0 Å². The van der Waals surface area contributed by atoms with Crippen molar-refractivity contribution in [2.45, 2.75) is 31.7 Å². The van der Waals surface area contributed by atoms with E-state index in [9.17, 15) is 0 Å². The molecule has 1 N–H and O–H groups in total. The Morgan fingerprint density at radius 3 is 3.11 bits per heavy atom. The molecule has 0 saturated carbocycles. The summed E-state index contributed by atoms with van der Waals surface area (Å²) >= 11 is 0. The fraction of sp³-hybridized carbons (Fsp3) is 0.429. The molecular formula is C14H17N3O. The minimum Gasteiger partial charge on any atom is -0.461 e. The summed E-state index contributed by atoms with van der Waals surface area (Å²) in [6, 6.07) is 4.14. The molecule has 3 rings (SSSR count). The van der Waals surface area contributed by atoms with Crippen LogP contribution in [0.2, 0.25) is 0 Å². The van der Waals surface area contributed by atoms with E-state index in [0.717, 1.165) is 24.3 Å². The zero-order chi connectivity index (χ0) is 12.4. The summed E-state index contributed by atoms with van der Waals surface area (Å²) in [4.78, 5) is 9.10. The van der Waals surface area contributed by atoms with E-state index in [2.05, 4.69) is 15.3 Å². The van der Waals surface area contributed by atoms with Gasteiger partial charge in [-0.3, -0.25) is 0 Å². The predicted octanol–water partition coefficient (Wildman–Crippen LogP) is 2.72. The van der Waals surface area contributed by atoms with E-state index >= 15 is 0 Å². The van der Waals surface area contributed by atoms with E-state index in [1.54, 1.807) is 6.26 Å². The Morgan fingerprint density at radius 1 is 1.39 bits per heavy atom. The standard InChI is InChI=1S/C14H17N3O/c1-15-11-5-2-3-6-12-10(11)9-16-14(17-12)13-7-4-8-18-13/h4,7-9,11,15H,2-3,5-6H2,1H3. The second-order valence-electron chi connectivity index (χ2n) is 4.66. The molecule has 0 aromatic carbocycles. The molecular weight excluding hydrogens is 226 g/mol. The van der Waals surface area contributed by atoms with Gasteiger partial charge in [0.15, 0.2) is 11.6 Å². The third-order valence-corrected chi connectivity index (χ3v) is 3.52. The second-order valence-corrected chi connectivity index (χ2v) is 4.66. The molecule has 0 amide bonds. The van der Waals surface area contributed by atoms with Crippen LogP contribution in [0.1, 0.15) is 36.6 Å². The van der Waals surface area contributed by atoms with Crippen molar-refractivity contribution in [2.75, 3.05) is 7.05 Å². The number of nitrogens with one attached hydrogen (secondary N) is 1. The van der Waals surface area contributed by atoms with Crippen LogP contribution in [0.3, 0.4) is 0 Å². The quantitative estimate of drug-likeness (QED) is 0.824. The van der Waals surface area contributed by atoms with Gasteiger partial charge in [-0.1, -0.05) is 6.42 Å². The van der Waals surface area contributed by atoms with Gasteiger partial charge < -0.3 is 9.73 Å². The Kier molecular flexibility index (Phi) is 3.11. The van der Waals surface area contributed by atoms with Crippen LogP contribution in [0, 0.1) is 0 Å². The van der Waals surface area contributed by atoms with Crippen molar-refractivity contribution < 1.29 is 4.42 Å². The van der Waals surface area contributed by atoms with Crippen molar-refractivity contribution in [3.8, 4) is 11.6 Å². The fourth-order valence-electron chi connectivity index (χ4n) is 2.54. The zero-order valence-corrected chi connectivity index (χ0v) is 10.5. The van der Waals surface area contributed by atoms with Gasteiger partial charge in [0, 0.05) is 23.5 Å². The number of furan rings is 1. The molecule has 0 aliphatic heterocycles. The fourth-order valence-corrected chi connectivity index (χ4v) is 2.54. The maximum atomic E-state index is 5.35. The van der Waals surface area contributed by atoms with Crippen LogP contribution in [0.25, 0.3) is 11.6 Å². The molecule has 0 saturated heterocycles. The van der Waals surface area contributed by atoms with Gasteiger partial charge in [-0.05, 0) is 38.4 Å². The number of aryl methyl sites for hydroxylation is 1. The van der Waals surface area contributed by atoms with Crippen LogP contribution < -0.4 is 5.32 Å². The Morgan fingerprint density at radius 2 is 2.33 bits per heavy atom. The number of rotatable bonds is 2. The summed E-state index contributed by atoms with van der Waals surface area (Å²) in [7, 11) is 2.00. The van der Waals surface area contributed by atoms with Crippen LogP contribution >= 0.6 is 0 Å². The molecule has 1 unspecified atom stereocenters. The lowest BCUT2D eigenvalue weighted by atomic mass is 10.1. The molecule has 0 fully saturated rings. The first-order valence-corrected chi connectivity index (χ1v) is 6.45. The molecule has 94 valence electrons. The summed E-state index contributed by atoms with van der Waals surface area (Å²) in [5.41, 5.74) is 2.40. The largest absolute Gasteiger partial charge is 0.461 e. The van der Waals surface area contributed by atoms with Crippen molar-refractivity contribution in [1.82, 2.24) is 15.3 Å². The molecule has 4 nitrogen and oxygen atoms in total. The van der Waals surface area contributed by atoms with E-state index in [4.69, 9.17) is 4.42 Å². The van der Waals surface area contributed by atoms with Crippen LogP contribution in [-0.2, 0) is 6.42 Å². The zero-order valence-electron chi connectivity index (χ0n) is 10.5. The first-order chi connectivity index (χ1) is 8.88. The molecule has 2 heterocycles. The molecule has 18 heavy (non-hydrogen) atoms. The number of hydrogen-bond acceptors (Lipinski definition) is 4. The van der Waals surface area contributed by atoms with E-state index in [-0.39, 0.29) is 0 Å². The monoisotopic (exact) mass is 243 g/mol. The van der Waals surface area contributed by atoms with E-state index in [0.29, 0.717) is 11.9 Å². The number of fused-ring (bicyclic) bond motifs is 1. The van der Waals surface area contributed by atoms with E-state index < -0.39 is 0 Å². The second kappa shape index (κ2) is 4.90. The lowest BCUT2D eigenvalue weighted by Crippen LogP contribution is -2.17. The molecule has 2 aromatic heterocycles. The lowest BCUT2D eigenvalue weighted by Gasteiger charge is -2.15. The van der Waals surface area contributed by atoms with Crippen molar-refractivity contribution in [1.29, 1.82) is 0 Å². The first kappa shape index (κ1) is 11.4. The van der Waals surface area contributed by atoms with Gasteiger partial charge in [0.2, 0.25) is 0 Å². The molecule has 4 heteroatoms. The normalized spacial score (nSPS) is 19.3. The highest BCUT2D eigenvalue weighted by Crippen LogP contribution is 2.28. The molecule has 1 aliphatic rings. The van der Waals surface area contributed by atoms with Gasteiger partial charge in [-0.15, -0.1) is 0 Å². The van der Waals surface area contributed by atoms with E-state index in [1.807, 2.05) is 25.4 Å². The molecule has 0 spiro atoms. The Hall–Kier alpha value is -1.68. The Balaban J connectivity index is 2.01. The van der Waals surface area contributed by atoms with Gasteiger partial charge in [-0.2, -0.15) is 0 Å². The van der Waals surface area contributed by atoms with Crippen molar-refractivity contribution in [3.63, 3.8) is 0 Å². The molecule has 0 radical (unpaired) electrons. The highest BCUT2D eigenvalue weighted by Gasteiger charge is 2.19. The van der Waals surface area contributed by atoms with Crippen LogP contribution in [0.15, 0.2) is 29.0 Å². The summed E-state index contributed by atoms with van der Waals surface area (Å²) in [5, 5.41) is 3.35. The lowest BCUT2D eigenvalue weighted by molar-refractivity contribution is 0.531. The van der Waals surface area contributed by atoms with Crippen LogP contribution in [0.4, 0.5) is 0 Å². The average molecular weight is 243 g/mol. The van der Waals surface area contributed by atoms with Crippen LogP contribution in [0.5, 0.6) is 0 Å². The van der Waals surface area contributed by atoms with Gasteiger partial charge >= 0.3 is 0 Å². The minimum atomic E-state index is 0.383. The van der Waals surface area contributed by atoms with Crippen LogP contribution in [-0.4, -0.2) is 17.0 Å². The Bertz CT molecular complexity index is 522. The smallest absolute Gasteiger partial charge is 0.195 e. The van der Waals surface area contributed by atoms with Crippen molar-refractivity contribution in [3.05, 3.63) is 35.9 Å². The molecule has 0 bridgehead atoms. The van der Waals surface area contributed by atoms with E-state index in [1.165, 1.54) is 18.4 Å². The summed E-state index contributed by atoms with van der Waals surface area (Å²) < 4.78 is 5.35. The van der Waals surface area contributed by atoms with Gasteiger partial charge in [0.25, 0.3) is 0 Å². The highest BCUT2D eigenvalue weighted by atomic mass is 16.3. The third kappa shape index (κ3) is 2.04. The molecule has 2 aromatic rings. The highest BCUT2D eigenvalue weighted by molar-refractivity contribution is 5.47. The van der Waals surface area contributed by atoms with Gasteiger partial charge in [-0.25, -0.2) is 9.97 Å². The predicted molar refractivity (Wildman–Crippen MR) is 69.1 cm³/mol. The maximum Gasteiger partial charge on any atom is 0.195 e. The first-order valence-electron chi connectivity index (χ1n) is 6.45. The number of aromatic nitrogens is 2. The maximum absolute atomic E-state index is 5.35. The summed E-state index contributed by atoms with van der Waals surface area (Å²) in [6.07, 6.45) is 8.22. The molecule has 1 aliphatic carbocycles. The van der Waals surface area contributed by atoms with Gasteiger partial charge in [0.1, 0.15) is 0 Å². The summed E-state index contributed by atoms with van der Waals surface area (Å²) in [6.45, 7) is 0. The Labute approximate surface area is 106 Å². The average Bonchev–Trinajstić information content (AvgIpc) is 2.86. The van der Waals surface area contributed by atoms with Crippen molar-refractivity contribution >= 4 is 0 Å². The van der Waals surface area contributed by atoms with Gasteiger partial charge in [0.05, 0.1) is 6.26 Å². The number of nitrogens with zero attached hydrogens (tertiary/aromatic N) is 2. The third-order valence-electron chi connectivity index (χ3n) is 3.52. The SMILES string of the molecule is CNC1CCCCc2nc(-c3ccco3)ncc21. The number of hydrogen-bond donors (Lipinski definition) is 1. The summed E-state index contributed by atoms with van der Waals surface area (Å²) in [5.74, 6) is 1.43.